The first-order chi connectivity index (χ1) is 13.8. The van der Waals surface area contributed by atoms with Crippen molar-refractivity contribution >= 4 is 23.2 Å². The largest absolute Gasteiger partial charge is 0.497 e. The third-order valence-corrected chi connectivity index (χ3v) is 4.96. The number of hydrogen-bond donors (Lipinski definition) is 0. The van der Waals surface area contributed by atoms with Crippen molar-refractivity contribution in [1.82, 2.24) is 4.90 Å². The van der Waals surface area contributed by atoms with Crippen molar-refractivity contribution in [3.8, 4) is 0 Å². The van der Waals surface area contributed by atoms with Gasteiger partial charge in [0, 0.05) is 12.8 Å². The summed E-state index contributed by atoms with van der Waals surface area (Å²) in [5, 5.41) is 5.49. The van der Waals surface area contributed by atoms with E-state index in [1.807, 2.05) is 38.1 Å². The maximum Gasteiger partial charge on any atom is 0.270 e. The van der Waals surface area contributed by atoms with Gasteiger partial charge in [-0.3, -0.25) is 9.59 Å². The van der Waals surface area contributed by atoms with Gasteiger partial charge in [-0.1, -0.05) is 12.1 Å². The van der Waals surface area contributed by atoms with E-state index in [-0.39, 0.29) is 37.1 Å². The number of allylic oxidation sites excluding steroid dienone is 1. The van der Waals surface area contributed by atoms with Crippen LogP contribution in [0.2, 0.25) is 0 Å². The van der Waals surface area contributed by atoms with E-state index in [0.717, 1.165) is 22.4 Å². The monoisotopic (exact) mass is 405 g/mol. The van der Waals surface area contributed by atoms with E-state index in [4.69, 9.17) is 4.74 Å². The molecule has 2 heterocycles. The van der Waals surface area contributed by atoms with Gasteiger partial charge < -0.3 is 9.64 Å². The molecule has 0 N–H and O–H groups in total. The van der Waals surface area contributed by atoms with Crippen LogP contribution in [0.15, 0.2) is 35.6 Å². The molecule has 29 heavy (non-hydrogen) atoms. The number of carbonyl (C=O) groups is 2. The quantitative estimate of drug-likeness (QED) is 0.727. The second kappa shape index (κ2) is 9.15. The molecule has 2 aliphatic rings. The summed E-state index contributed by atoms with van der Waals surface area (Å²) in [6, 6.07) is 5.62. The zero-order valence-corrected chi connectivity index (χ0v) is 16.6. The van der Waals surface area contributed by atoms with Crippen LogP contribution in [0.4, 0.5) is 14.5 Å². The number of halogens is 2. The number of carbonyl (C=O) groups excluding carboxylic acids is 2. The van der Waals surface area contributed by atoms with E-state index in [1.165, 1.54) is 11.3 Å². The number of amides is 2. The van der Waals surface area contributed by atoms with E-state index in [2.05, 4.69) is 5.10 Å². The van der Waals surface area contributed by atoms with Crippen molar-refractivity contribution < 1.29 is 23.1 Å². The van der Waals surface area contributed by atoms with Gasteiger partial charge >= 0.3 is 0 Å². The highest BCUT2D eigenvalue weighted by Gasteiger charge is 2.31. The molecule has 0 saturated carbocycles. The zero-order valence-electron chi connectivity index (χ0n) is 16.6. The fourth-order valence-electron chi connectivity index (χ4n) is 3.40. The second-order valence-corrected chi connectivity index (χ2v) is 7.35. The molecular formula is C21H25F2N3O3. The standard InChI is InChI=1S/C21H25F2N3O3/c1-14-6-7-15(2)18(11-14)26-20(27)9-8-17(24-26)21(28)25(13-19(22)23)12-16-5-3-4-10-29-16/h4,6-7,10-11,16,19H,3,5,8-9,12-13H2,1-2H3. The van der Waals surface area contributed by atoms with Crippen molar-refractivity contribution in [2.24, 2.45) is 5.10 Å². The van der Waals surface area contributed by atoms with Crippen molar-refractivity contribution in [2.75, 3.05) is 18.1 Å². The van der Waals surface area contributed by atoms with Crippen LogP contribution in [0.5, 0.6) is 0 Å². The summed E-state index contributed by atoms with van der Waals surface area (Å²) in [5.74, 6) is -0.803. The lowest BCUT2D eigenvalue weighted by molar-refractivity contribution is -0.128. The SMILES string of the molecule is Cc1ccc(C)c(N2N=C(C(=O)N(CC(F)F)CC3CCC=CO3)CCC2=O)c1. The van der Waals surface area contributed by atoms with Gasteiger partial charge in [0.25, 0.3) is 12.3 Å². The number of benzene rings is 1. The number of aryl methyl sites for hydroxylation is 2. The summed E-state index contributed by atoms with van der Waals surface area (Å²) in [6.07, 6.45) is 2.06. The maximum absolute atomic E-state index is 13.1. The van der Waals surface area contributed by atoms with Gasteiger partial charge in [0.15, 0.2) is 0 Å². The summed E-state index contributed by atoms with van der Waals surface area (Å²) in [7, 11) is 0. The molecule has 8 heteroatoms. The molecule has 3 rings (SSSR count). The molecule has 0 bridgehead atoms. The van der Waals surface area contributed by atoms with Gasteiger partial charge in [-0.2, -0.15) is 5.10 Å². The Morgan fingerprint density at radius 3 is 2.83 bits per heavy atom. The molecule has 1 atom stereocenters. The zero-order chi connectivity index (χ0) is 21.0. The van der Waals surface area contributed by atoms with Crippen molar-refractivity contribution in [1.29, 1.82) is 0 Å². The molecule has 1 unspecified atom stereocenters. The Bertz CT molecular complexity index is 838. The smallest absolute Gasteiger partial charge is 0.270 e. The Labute approximate surface area is 168 Å². The predicted octanol–water partition coefficient (Wildman–Crippen LogP) is 3.57. The highest BCUT2D eigenvalue weighted by Crippen LogP contribution is 2.26. The molecule has 0 aromatic heterocycles. The van der Waals surface area contributed by atoms with Gasteiger partial charge in [0.2, 0.25) is 5.91 Å². The number of nitrogens with zero attached hydrogens (tertiary/aromatic N) is 3. The lowest BCUT2D eigenvalue weighted by Gasteiger charge is -2.30. The van der Waals surface area contributed by atoms with Crippen molar-refractivity contribution in [2.45, 2.75) is 52.1 Å². The average Bonchev–Trinajstić information content (AvgIpc) is 2.70. The molecule has 1 aromatic rings. The lowest BCUT2D eigenvalue weighted by atomic mass is 10.1. The van der Waals surface area contributed by atoms with Crippen LogP contribution in [0.3, 0.4) is 0 Å². The second-order valence-electron chi connectivity index (χ2n) is 7.35. The highest BCUT2D eigenvalue weighted by molar-refractivity contribution is 6.40. The first-order valence-corrected chi connectivity index (χ1v) is 9.70. The molecule has 2 aliphatic heterocycles. The minimum absolute atomic E-state index is 0.0595. The molecule has 0 radical (unpaired) electrons. The van der Waals surface area contributed by atoms with Crippen LogP contribution in [0, 0.1) is 13.8 Å². The minimum Gasteiger partial charge on any atom is -0.497 e. The van der Waals surface area contributed by atoms with E-state index in [0.29, 0.717) is 12.1 Å². The average molecular weight is 405 g/mol. The van der Waals surface area contributed by atoms with Crippen molar-refractivity contribution in [3.63, 3.8) is 0 Å². The Hall–Kier alpha value is -2.77. The summed E-state index contributed by atoms with van der Waals surface area (Å²) in [6.45, 7) is 3.11. The summed E-state index contributed by atoms with van der Waals surface area (Å²) in [4.78, 5) is 26.5. The van der Waals surface area contributed by atoms with Gasteiger partial charge in [0.1, 0.15) is 11.8 Å². The number of alkyl halides is 2. The maximum atomic E-state index is 13.1. The lowest BCUT2D eigenvalue weighted by Crippen LogP contribution is -2.46. The summed E-state index contributed by atoms with van der Waals surface area (Å²) in [5.41, 5.74) is 2.50. The first kappa shape index (κ1) is 21.0. The fourth-order valence-corrected chi connectivity index (χ4v) is 3.40. The molecule has 1 aromatic carbocycles. The van der Waals surface area contributed by atoms with Crippen LogP contribution in [-0.2, 0) is 14.3 Å². The van der Waals surface area contributed by atoms with Crippen LogP contribution >= 0.6 is 0 Å². The van der Waals surface area contributed by atoms with Crippen molar-refractivity contribution in [3.05, 3.63) is 41.7 Å². The summed E-state index contributed by atoms with van der Waals surface area (Å²) >= 11 is 0. The molecule has 2 amide bonds. The number of ether oxygens (including phenoxy) is 1. The first-order valence-electron chi connectivity index (χ1n) is 9.70. The van der Waals surface area contributed by atoms with E-state index in [9.17, 15) is 18.4 Å². The van der Waals surface area contributed by atoms with E-state index >= 15 is 0 Å². The predicted molar refractivity (Wildman–Crippen MR) is 106 cm³/mol. The Morgan fingerprint density at radius 1 is 1.34 bits per heavy atom. The molecule has 0 saturated heterocycles. The van der Waals surface area contributed by atoms with E-state index < -0.39 is 18.9 Å². The highest BCUT2D eigenvalue weighted by atomic mass is 19.3. The van der Waals surface area contributed by atoms with Gasteiger partial charge in [-0.05, 0) is 50.0 Å². The fraction of sp³-hybridized carbons (Fsp3) is 0.476. The molecule has 156 valence electrons. The third kappa shape index (κ3) is 5.19. The third-order valence-electron chi connectivity index (χ3n) is 4.96. The molecular weight excluding hydrogens is 380 g/mol. The molecule has 0 fully saturated rings. The van der Waals surface area contributed by atoms with Gasteiger partial charge in [-0.15, -0.1) is 0 Å². The Kier molecular flexibility index (Phi) is 6.61. The molecule has 0 spiro atoms. The number of hydrogen-bond acceptors (Lipinski definition) is 4. The van der Waals surface area contributed by atoms with Crippen LogP contribution in [0.25, 0.3) is 0 Å². The number of hydrazone groups is 1. The normalized spacial score (nSPS) is 19.2. The number of anilines is 1. The molecule has 6 nitrogen and oxygen atoms in total. The van der Waals surface area contributed by atoms with Gasteiger partial charge in [-0.25, -0.2) is 13.8 Å². The minimum atomic E-state index is -2.67. The topological polar surface area (TPSA) is 62.2 Å². The van der Waals surface area contributed by atoms with Crippen LogP contribution < -0.4 is 5.01 Å². The Balaban J connectivity index is 1.84. The molecule has 0 aliphatic carbocycles. The van der Waals surface area contributed by atoms with E-state index in [1.54, 1.807) is 0 Å². The van der Waals surface area contributed by atoms with Crippen LogP contribution in [0.1, 0.15) is 36.8 Å². The Morgan fingerprint density at radius 2 is 2.14 bits per heavy atom. The summed E-state index contributed by atoms with van der Waals surface area (Å²) < 4.78 is 31.7. The van der Waals surface area contributed by atoms with Gasteiger partial charge in [0.05, 0.1) is 25.0 Å². The number of rotatable bonds is 6. The van der Waals surface area contributed by atoms with Crippen LogP contribution in [-0.4, -0.2) is 48.0 Å².